The van der Waals surface area contributed by atoms with Gasteiger partial charge in [-0.05, 0) is 31.6 Å². The van der Waals surface area contributed by atoms with E-state index in [2.05, 4.69) is 23.6 Å². The van der Waals surface area contributed by atoms with E-state index < -0.39 is 11.0 Å². The van der Waals surface area contributed by atoms with E-state index in [1.165, 1.54) is 17.0 Å². The van der Waals surface area contributed by atoms with Crippen molar-refractivity contribution in [3.63, 3.8) is 0 Å². The third-order valence-corrected chi connectivity index (χ3v) is 4.83. The Hall–Kier alpha value is -2.35. The lowest BCUT2D eigenvalue weighted by atomic mass is 10.2. The van der Waals surface area contributed by atoms with Gasteiger partial charge in [0.25, 0.3) is 5.69 Å². The van der Waals surface area contributed by atoms with Crippen molar-refractivity contribution in [3.05, 3.63) is 34.4 Å². The summed E-state index contributed by atoms with van der Waals surface area (Å²) in [5.74, 6) is 0. The monoisotopic (exact) mass is 350 g/mol. The van der Waals surface area contributed by atoms with Crippen LogP contribution in [-0.4, -0.2) is 71.2 Å². The number of rotatable bonds is 8. The summed E-state index contributed by atoms with van der Waals surface area (Å²) in [5, 5.41) is 20.3. The first-order valence-electron chi connectivity index (χ1n) is 8.67. The highest BCUT2D eigenvalue weighted by molar-refractivity contribution is 5.66. The van der Waals surface area contributed by atoms with Gasteiger partial charge < -0.3 is 19.8 Å². The lowest BCUT2D eigenvalue weighted by Crippen LogP contribution is -2.45. The number of carbonyl (C=O) groups is 1. The molecule has 2 rings (SSSR count). The van der Waals surface area contributed by atoms with E-state index in [4.69, 9.17) is 0 Å². The van der Waals surface area contributed by atoms with Crippen LogP contribution in [0.3, 0.4) is 0 Å². The summed E-state index contributed by atoms with van der Waals surface area (Å²) >= 11 is 0. The summed E-state index contributed by atoms with van der Waals surface area (Å²) in [4.78, 5) is 27.8. The van der Waals surface area contributed by atoms with E-state index in [1.807, 2.05) is 0 Å². The summed E-state index contributed by atoms with van der Waals surface area (Å²) in [6, 6.07) is 6.36. The topological polar surface area (TPSA) is 90.2 Å². The number of anilines is 1. The van der Waals surface area contributed by atoms with Crippen molar-refractivity contribution < 1.29 is 14.8 Å². The molecule has 138 valence electrons. The fraction of sp³-hybridized carbons (Fsp3) is 0.588. The maximum atomic E-state index is 11.7. The molecule has 1 aromatic carbocycles. The molecule has 1 saturated heterocycles. The second-order valence-corrected chi connectivity index (χ2v) is 6.16. The number of nitrogens with zero attached hydrogens (tertiary/aromatic N) is 4. The maximum absolute atomic E-state index is 11.7. The molecule has 1 N–H and O–H groups in total. The predicted octanol–water partition coefficient (Wildman–Crippen LogP) is 2.50. The van der Waals surface area contributed by atoms with Gasteiger partial charge in [-0.3, -0.25) is 10.1 Å². The van der Waals surface area contributed by atoms with E-state index in [-0.39, 0.29) is 11.7 Å². The first kappa shape index (κ1) is 19.0. The minimum Gasteiger partial charge on any atom is -0.465 e. The summed E-state index contributed by atoms with van der Waals surface area (Å²) in [7, 11) is 0. The van der Waals surface area contributed by atoms with Crippen LogP contribution in [-0.2, 0) is 0 Å². The Morgan fingerprint density at radius 1 is 1.28 bits per heavy atom. The van der Waals surface area contributed by atoms with Gasteiger partial charge in [0.1, 0.15) is 0 Å². The Labute approximate surface area is 147 Å². The van der Waals surface area contributed by atoms with E-state index in [0.29, 0.717) is 13.1 Å². The molecule has 0 radical (unpaired) electrons. The average Bonchev–Trinajstić information content (AvgIpc) is 3.08. The second-order valence-electron chi connectivity index (χ2n) is 6.16. The van der Waals surface area contributed by atoms with Gasteiger partial charge >= 0.3 is 6.09 Å². The van der Waals surface area contributed by atoms with Gasteiger partial charge in [-0.15, -0.1) is 0 Å². The highest BCUT2D eigenvalue weighted by atomic mass is 16.6. The highest BCUT2D eigenvalue weighted by Gasteiger charge is 2.31. The smallest absolute Gasteiger partial charge is 0.407 e. The van der Waals surface area contributed by atoms with Crippen LogP contribution in [0.2, 0.25) is 0 Å². The Balaban J connectivity index is 1.98. The SMILES string of the molecule is CCN(CC)CCN(C(=O)O)[C@@H]1CCN(c2ccc([N+](=O)[O-])cc2)C1. The molecule has 1 amide bonds. The van der Waals surface area contributed by atoms with Crippen LogP contribution < -0.4 is 4.90 Å². The number of likely N-dealkylation sites (N-methyl/N-ethyl adjacent to an activating group) is 1. The second kappa shape index (κ2) is 8.66. The van der Waals surface area contributed by atoms with E-state index in [0.717, 1.165) is 38.3 Å². The van der Waals surface area contributed by atoms with Crippen LogP contribution in [0.1, 0.15) is 20.3 Å². The third-order valence-electron chi connectivity index (χ3n) is 4.83. The molecule has 25 heavy (non-hydrogen) atoms. The zero-order valence-corrected chi connectivity index (χ0v) is 14.8. The molecular weight excluding hydrogens is 324 g/mol. The average molecular weight is 350 g/mol. The van der Waals surface area contributed by atoms with Crippen molar-refractivity contribution in [2.24, 2.45) is 0 Å². The zero-order valence-electron chi connectivity index (χ0n) is 14.8. The molecule has 0 aromatic heterocycles. The first-order valence-corrected chi connectivity index (χ1v) is 8.67. The van der Waals surface area contributed by atoms with Gasteiger partial charge in [0, 0.05) is 44.0 Å². The molecule has 0 unspecified atom stereocenters. The molecular formula is C17H26N4O4. The lowest BCUT2D eigenvalue weighted by molar-refractivity contribution is -0.384. The predicted molar refractivity (Wildman–Crippen MR) is 96.2 cm³/mol. The van der Waals surface area contributed by atoms with Crippen LogP contribution in [0.25, 0.3) is 0 Å². The standard InChI is InChI=1S/C17H26N4O4/c1-3-18(4-2)11-12-20(17(22)23)16-9-10-19(13-16)14-5-7-15(8-6-14)21(24)25/h5-8,16H,3-4,9-13H2,1-2H3,(H,22,23)/t16-/m1/s1. The molecule has 0 saturated carbocycles. The fourth-order valence-corrected chi connectivity index (χ4v) is 3.24. The van der Waals surface area contributed by atoms with Crippen molar-refractivity contribution in [3.8, 4) is 0 Å². The zero-order chi connectivity index (χ0) is 18.4. The maximum Gasteiger partial charge on any atom is 0.407 e. The van der Waals surface area contributed by atoms with Gasteiger partial charge in [-0.25, -0.2) is 4.79 Å². The number of amides is 1. The number of nitro benzene ring substituents is 1. The number of benzene rings is 1. The van der Waals surface area contributed by atoms with E-state index in [1.54, 1.807) is 12.1 Å². The van der Waals surface area contributed by atoms with Gasteiger partial charge in [0.15, 0.2) is 0 Å². The minimum absolute atomic E-state index is 0.0525. The first-order chi connectivity index (χ1) is 12.0. The molecule has 1 atom stereocenters. The molecule has 8 heteroatoms. The molecule has 1 aliphatic heterocycles. The molecule has 1 fully saturated rings. The number of carboxylic acid groups (broad SMARTS) is 1. The van der Waals surface area contributed by atoms with Gasteiger partial charge in [-0.2, -0.15) is 0 Å². The van der Waals surface area contributed by atoms with Crippen molar-refractivity contribution in [1.82, 2.24) is 9.80 Å². The van der Waals surface area contributed by atoms with Crippen molar-refractivity contribution in [2.75, 3.05) is 44.2 Å². The molecule has 0 spiro atoms. The molecule has 1 aliphatic rings. The van der Waals surface area contributed by atoms with Crippen LogP contribution in [0.15, 0.2) is 24.3 Å². The summed E-state index contributed by atoms with van der Waals surface area (Å²) in [6.07, 6.45) is -0.121. The minimum atomic E-state index is -0.886. The summed E-state index contributed by atoms with van der Waals surface area (Å²) in [5.41, 5.74) is 0.952. The molecule has 1 aromatic rings. The Morgan fingerprint density at radius 3 is 2.44 bits per heavy atom. The number of hydrogen-bond acceptors (Lipinski definition) is 5. The van der Waals surface area contributed by atoms with Gasteiger partial charge in [0.2, 0.25) is 0 Å². The summed E-state index contributed by atoms with van der Waals surface area (Å²) < 4.78 is 0. The van der Waals surface area contributed by atoms with Crippen molar-refractivity contribution in [1.29, 1.82) is 0 Å². The largest absolute Gasteiger partial charge is 0.465 e. The summed E-state index contributed by atoms with van der Waals surface area (Å²) in [6.45, 7) is 8.54. The molecule has 8 nitrogen and oxygen atoms in total. The Morgan fingerprint density at radius 2 is 1.92 bits per heavy atom. The van der Waals surface area contributed by atoms with Crippen molar-refractivity contribution in [2.45, 2.75) is 26.3 Å². The number of hydrogen-bond donors (Lipinski definition) is 1. The quantitative estimate of drug-likeness (QED) is 0.572. The Bertz CT molecular complexity index is 589. The number of non-ortho nitro benzene ring substituents is 1. The fourth-order valence-electron chi connectivity index (χ4n) is 3.24. The van der Waals surface area contributed by atoms with Crippen LogP contribution >= 0.6 is 0 Å². The van der Waals surface area contributed by atoms with Crippen LogP contribution in [0, 0.1) is 10.1 Å². The van der Waals surface area contributed by atoms with E-state index in [9.17, 15) is 20.0 Å². The third kappa shape index (κ3) is 4.82. The number of nitro groups is 1. The molecule has 0 bridgehead atoms. The van der Waals surface area contributed by atoms with Crippen LogP contribution in [0.5, 0.6) is 0 Å². The normalized spacial score (nSPS) is 17.1. The van der Waals surface area contributed by atoms with E-state index >= 15 is 0 Å². The highest BCUT2D eigenvalue weighted by Crippen LogP contribution is 2.25. The van der Waals surface area contributed by atoms with Gasteiger partial charge in [-0.1, -0.05) is 13.8 Å². The molecule has 0 aliphatic carbocycles. The molecule has 1 heterocycles. The lowest BCUT2D eigenvalue weighted by Gasteiger charge is -2.29. The van der Waals surface area contributed by atoms with Crippen molar-refractivity contribution >= 4 is 17.5 Å². The Kier molecular flexibility index (Phi) is 6.58. The van der Waals surface area contributed by atoms with Crippen LogP contribution in [0.4, 0.5) is 16.2 Å². The van der Waals surface area contributed by atoms with Gasteiger partial charge in [0.05, 0.1) is 11.0 Å².